The van der Waals surface area contributed by atoms with Crippen LogP contribution in [0.4, 0.5) is 0 Å². The molecule has 1 atom stereocenters. The predicted octanol–water partition coefficient (Wildman–Crippen LogP) is 2.07. The Hall–Kier alpha value is -0.730. The summed E-state index contributed by atoms with van der Waals surface area (Å²) in [6.07, 6.45) is 0. The monoisotopic (exact) mass is 171 g/mol. The topological polar surface area (TPSA) is 46.2 Å². The highest BCUT2D eigenvalue weighted by molar-refractivity contribution is 6.31. The van der Waals surface area contributed by atoms with Crippen LogP contribution in [0.25, 0.3) is 0 Å². The Labute approximate surface area is 70.6 Å². The molecular formula is C8H10ClNO. The van der Waals surface area contributed by atoms with E-state index in [1.54, 1.807) is 12.1 Å². The van der Waals surface area contributed by atoms with Crippen LogP contribution >= 0.6 is 11.6 Å². The first kappa shape index (κ1) is 8.37. The van der Waals surface area contributed by atoms with Gasteiger partial charge in [-0.2, -0.15) is 0 Å². The Morgan fingerprint density at radius 2 is 2.18 bits per heavy atom. The van der Waals surface area contributed by atoms with Crippen molar-refractivity contribution in [3.8, 4) is 5.75 Å². The number of aromatic hydroxyl groups is 1. The number of nitrogens with two attached hydrogens (primary N) is 1. The number of halogens is 1. The van der Waals surface area contributed by atoms with Gasteiger partial charge in [-0.1, -0.05) is 17.7 Å². The van der Waals surface area contributed by atoms with Crippen molar-refractivity contribution in [1.29, 1.82) is 0 Å². The van der Waals surface area contributed by atoms with Gasteiger partial charge < -0.3 is 10.8 Å². The molecule has 0 spiro atoms. The van der Waals surface area contributed by atoms with Crippen LogP contribution < -0.4 is 5.73 Å². The van der Waals surface area contributed by atoms with Crippen LogP contribution in [0.15, 0.2) is 18.2 Å². The molecule has 0 saturated carbocycles. The molecule has 0 aliphatic rings. The number of hydrogen-bond donors (Lipinski definition) is 2. The summed E-state index contributed by atoms with van der Waals surface area (Å²) in [6.45, 7) is 1.85. The molecule has 11 heavy (non-hydrogen) atoms. The van der Waals surface area contributed by atoms with E-state index in [0.29, 0.717) is 5.02 Å². The van der Waals surface area contributed by atoms with Crippen molar-refractivity contribution >= 4 is 11.6 Å². The molecule has 0 bridgehead atoms. The van der Waals surface area contributed by atoms with Crippen LogP contribution in [-0.2, 0) is 0 Å². The Morgan fingerprint density at radius 3 is 2.64 bits per heavy atom. The highest BCUT2D eigenvalue weighted by Gasteiger charge is 2.04. The zero-order valence-corrected chi connectivity index (χ0v) is 6.97. The number of hydrogen-bond acceptors (Lipinski definition) is 2. The summed E-state index contributed by atoms with van der Waals surface area (Å²) in [6, 6.07) is 4.69. The minimum atomic E-state index is -0.0944. The largest absolute Gasteiger partial charge is 0.508 e. The van der Waals surface area contributed by atoms with Gasteiger partial charge in [0.2, 0.25) is 0 Å². The SMILES string of the molecule is CC(N)c1ccc(O)cc1Cl. The minimum absolute atomic E-state index is 0.0944. The first-order valence-corrected chi connectivity index (χ1v) is 3.73. The van der Waals surface area contributed by atoms with E-state index in [4.69, 9.17) is 22.4 Å². The van der Waals surface area contributed by atoms with Gasteiger partial charge in [0.15, 0.2) is 0 Å². The van der Waals surface area contributed by atoms with Gasteiger partial charge in [0.1, 0.15) is 5.75 Å². The molecule has 1 aromatic rings. The van der Waals surface area contributed by atoms with Crippen LogP contribution in [0.3, 0.4) is 0 Å². The normalized spacial score (nSPS) is 13.0. The molecule has 3 heteroatoms. The van der Waals surface area contributed by atoms with E-state index in [1.807, 2.05) is 6.92 Å². The van der Waals surface area contributed by atoms with E-state index in [-0.39, 0.29) is 11.8 Å². The molecule has 0 heterocycles. The molecular weight excluding hydrogens is 162 g/mol. The summed E-state index contributed by atoms with van der Waals surface area (Å²) in [7, 11) is 0. The maximum absolute atomic E-state index is 8.99. The lowest BCUT2D eigenvalue weighted by atomic mass is 10.1. The molecule has 1 aromatic carbocycles. The quantitative estimate of drug-likeness (QED) is 0.680. The highest BCUT2D eigenvalue weighted by Crippen LogP contribution is 2.24. The van der Waals surface area contributed by atoms with Gasteiger partial charge >= 0.3 is 0 Å². The van der Waals surface area contributed by atoms with Crippen molar-refractivity contribution in [2.75, 3.05) is 0 Å². The zero-order valence-electron chi connectivity index (χ0n) is 6.21. The average molecular weight is 172 g/mol. The Morgan fingerprint density at radius 1 is 1.55 bits per heavy atom. The first-order chi connectivity index (χ1) is 5.11. The lowest BCUT2D eigenvalue weighted by molar-refractivity contribution is 0.475. The molecule has 0 saturated heterocycles. The van der Waals surface area contributed by atoms with E-state index in [9.17, 15) is 0 Å². The predicted molar refractivity (Wildman–Crippen MR) is 45.7 cm³/mol. The third-order valence-electron chi connectivity index (χ3n) is 1.47. The average Bonchev–Trinajstić information content (AvgIpc) is 1.85. The van der Waals surface area contributed by atoms with Crippen LogP contribution in [0.5, 0.6) is 5.75 Å². The van der Waals surface area contributed by atoms with Gasteiger partial charge in [-0.05, 0) is 24.6 Å². The van der Waals surface area contributed by atoms with Gasteiger partial charge in [0.05, 0.1) is 0 Å². The molecule has 3 N–H and O–H groups in total. The first-order valence-electron chi connectivity index (χ1n) is 3.35. The van der Waals surface area contributed by atoms with Crippen LogP contribution in [0, 0.1) is 0 Å². The van der Waals surface area contributed by atoms with Crippen molar-refractivity contribution in [1.82, 2.24) is 0 Å². The van der Waals surface area contributed by atoms with E-state index < -0.39 is 0 Å². The van der Waals surface area contributed by atoms with Crippen LogP contribution in [0.1, 0.15) is 18.5 Å². The third kappa shape index (κ3) is 1.85. The van der Waals surface area contributed by atoms with Crippen molar-refractivity contribution in [3.63, 3.8) is 0 Å². The summed E-state index contributed by atoms with van der Waals surface area (Å²) < 4.78 is 0. The van der Waals surface area contributed by atoms with E-state index in [2.05, 4.69) is 0 Å². The molecule has 0 aliphatic carbocycles. The molecule has 2 nitrogen and oxygen atoms in total. The molecule has 0 aliphatic heterocycles. The van der Waals surface area contributed by atoms with Gasteiger partial charge in [-0.3, -0.25) is 0 Å². The molecule has 1 unspecified atom stereocenters. The summed E-state index contributed by atoms with van der Waals surface area (Å²) in [5.74, 6) is 0.166. The molecule has 60 valence electrons. The molecule has 0 aromatic heterocycles. The van der Waals surface area contributed by atoms with Gasteiger partial charge in [-0.15, -0.1) is 0 Å². The van der Waals surface area contributed by atoms with Crippen LogP contribution in [-0.4, -0.2) is 5.11 Å². The second-order valence-electron chi connectivity index (χ2n) is 2.49. The smallest absolute Gasteiger partial charge is 0.117 e. The maximum atomic E-state index is 8.99. The summed E-state index contributed by atoms with van der Waals surface area (Å²) >= 11 is 5.78. The summed E-state index contributed by atoms with van der Waals surface area (Å²) in [4.78, 5) is 0. The molecule has 0 amide bonds. The number of phenols is 1. The number of rotatable bonds is 1. The minimum Gasteiger partial charge on any atom is -0.508 e. The van der Waals surface area contributed by atoms with Crippen molar-refractivity contribution in [2.24, 2.45) is 5.73 Å². The van der Waals surface area contributed by atoms with Crippen molar-refractivity contribution in [3.05, 3.63) is 28.8 Å². The second-order valence-corrected chi connectivity index (χ2v) is 2.90. The van der Waals surface area contributed by atoms with Crippen molar-refractivity contribution in [2.45, 2.75) is 13.0 Å². The van der Waals surface area contributed by atoms with Gasteiger partial charge in [0.25, 0.3) is 0 Å². The fourth-order valence-electron chi connectivity index (χ4n) is 0.885. The Balaban J connectivity index is 3.09. The molecule has 0 radical (unpaired) electrons. The Bertz CT molecular complexity index is 260. The lowest BCUT2D eigenvalue weighted by Gasteiger charge is -2.07. The second kappa shape index (κ2) is 3.11. The summed E-state index contributed by atoms with van der Waals surface area (Å²) in [5, 5.41) is 9.51. The standard InChI is InChI=1S/C8H10ClNO/c1-5(10)7-3-2-6(11)4-8(7)9/h2-5,11H,10H2,1H3. The lowest BCUT2D eigenvalue weighted by Crippen LogP contribution is -2.04. The zero-order chi connectivity index (χ0) is 8.43. The van der Waals surface area contributed by atoms with E-state index >= 15 is 0 Å². The molecule has 1 rings (SSSR count). The number of phenolic OH excluding ortho intramolecular Hbond substituents is 1. The number of benzene rings is 1. The highest BCUT2D eigenvalue weighted by atomic mass is 35.5. The Kier molecular flexibility index (Phi) is 2.37. The maximum Gasteiger partial charge on any atom is 0.117 e. The van der Waals surface area contributed by atoms with Gasteiger partial charge in [-0.25, -0.2) is 0 Å². The van der Waals surface area contributed by atoms with E-state index in [0.717, 1.165) is 5.56 Å². The fraction of sp³-hybridized carbons (Fsp3) is 0.250. The third-order valence-corrected chi connectivity index (χ3v) is 1.80. The van der Waals surface area contributed by atoms with Crippen LogP contribution in [0.2, 0.25) is 5.02 Å². The van der Waals surface area contributed by atoms with Gasteiger partial charge in [0, 0.05) is 11.1 Å². The van der Waals surface area contributed by atoms with E-state index in [1.165, 1.54) is 6.07 Å². The van der Waals surface area contributed by atoms with Crippen molar-refractivity contribution < 1.29 is 5.11 Å². The molecule has 0 fully saturated rings. The fourth-order valence-corrected chi connectivity index (χ4v) is 1.23. The summed E-state index contributed by atoms with van der Waals surface area (Å²) in [5.41, 5.74) is 6.45.